The second-order valence-corrected chi connectivity index (χ2v) is 10.7. The molecule has 0 aliphatic carbocycles. The van der Waals surface area contributed by atoms with Crippen molar-refractivity contribution in [2.24, 2.45) is 5.92 Å². The minimum absolute atomic E-state index is 0.0943. The minimum Gasteiger partial charge on any atom is -0.341 e. The van der Waals surface area contributed by atoms with Crippen LogP contribution in [0, 0.1) is 18.7 Å². The zero-order chi connectivity index (χ0) is 24.1. The summed E-state index contributed by atoms with van der Waals surface area (Å²) in [7, 11) is -4.01. The van der Waals surface area contributed by atoms with Crippen LogP contribution >= 0.6 is 0 Å². The summed E-state index contributed by atoms with van der Waals surface area (Å²) in [5.74, 6) is -0.225. The van der Waals surface area contributed by atoms with Gasteiger partial charge in [0.2, 0.25) is 5.91 Å². The van der Waals surface area contributed by atoms with Crippen molar-refractivity contribution in [1.82, 2.24) is 4.90 Å². The van der Waals surface area contributed by atoms with Crippen molar-refractivity contribution in [3.05, 3.63) is 95.8 Å². The molecule has 178 valence electrons. The molecule has 1 fully saturated rings. The molecule has 0 atom stereocenters. The number of amides is 1. The molecule has 0 spiro atoms. The van der Waals surface area contributed by atoms with E-state index in [9.17, 15) is 17.6 Å². The van der Waals surface area contributed by atoms with E-state index in [1.807, 2.05) is 25.1 Å². The zero-order valence-corrected chi connectivity index (χ0v) is 20.0. The molecule has 5 nitrogen and oxygen atoms in total. The number of sulfonamides is 1. The Labute approximate surface area is 200 Å². The van der Waals surface area contributed by atoms with Gasteiger partial charge in [-0.25, -0.2) is 12.8 Å². The summed E-state index contributed by atoms with van der Waals surface area (Å²) in [6.45, 7) is 2.74. The third-order valence-electron chi connectivity index (χ3n) is 6.34. The molecule has 1 saturated heterocycles. The quantitative estimate of drug-likeness (QED) is 0.488. The smallest absolute Gasteiger partial charge is 0.264 e. The maximum absolute atomic E-state index is 13.5. The minimum atomic E-state index is -4.01. The highest BCUT2D eigenvalue weighted by Crippen LogP contribution is 2.26. The molecule has 0 radical (unpaired) electrons. The molecular formula is C27H29FN2O3S. The summed E-state index contributed by atoms with van der Waals surface area (Å²) in [4.78, 5) is 15.0. The highest BCUT2D eigenvalue weighted by Gasteiger charge is 2.30. The van der Waals surface area contributed by atoms with Gasteiger partial charge in [0.1, 0.15) is 12.4 Å². The van der Waals surface area contributed by atoms with Crippen molar-refractivity contribution in [2.45, 2.75) is 31.1 Å². The fraction of sp³-hybridized carbons (Fsp3) is 0.296. The van der Waals surface area contributed by atoms with Gasteiger partial charge >= 0.3 is 0 Å². The van der Waals surface area contributed by atoms with Crippen LogP contribution in [-0.2, 0) is 21.2 Å². The highest BCUT2D eigenvalue weighted by atomic mass is 32.2. The Morgan fingerprint density at radius 3 is 2.18 bits per heavy atom. The normalized spacial score (nSPS) is 14.7. The van der Waals surface area contributed by atoms with Crippen molar-refractivity contribution in [1.29, 1.82) is 0 Å². The van der Waals surface area contributed by atoms with Crippen molar-refractivity contribution < 1.29 is 17.6 Å². The molecule has 3 aromatic carbocycles. The lowest BCUT2D eigenvalue weighted by atomic mass is 9.90. The monoisotopic (exact) mass is 480 g/mol. The second kappa shape index (κ2) is 10.4. The molecule has 34 heavy (non-hydrogen) atoms. The van der Waals surface area contributed by atoms with Gasteiger partial charge in [-0.05, 0) is 74.1 Å². The topological polar surface area (TPSA) is 57.7 Å². The fourth-order valence-electron chi connectivity index (χ4n) is 4.32. The van der Waals surface area contributed by atoms with Crippen LogP contribution < -0.4 is 4.31 Å². The van der Waals surface area contributed by atoms with E-state index >= 15 is 0 Å². The number of benzene rings is 3. The van der Waals surface area contributed by atoms with Gasteiger partial charge in [-0.2, -0.15) is 0 Å². The Bertz CT molecular complexity index is 1200. The maximum atomic E-state index is 13.5. The van der Waals surface area contributed by atoms with Gasteiger partial charge in [0.15, 0.2) is 0 Å². The Hall–Kier alpha value is -3.19. The van der Waals surface area contributed by atoms with E-state index in [-0.39, 0.29) is 23.0 Å². The molecule has 1 amide bonds. The number of aryl methyl sites for hydroxylation is 1. The third-order valence-corrected chi connectivity index (χ3v) is 8.12. The summed E-state index contributed by atoms with van der Waals surface area (Å²) in [5, 5.41) is 0. The third kappa shape index (κ3) is 5.65. The number of hydrogen-bond acceptors (Lipinski definition) is 3. The first-order chi connectivity index (χ1) is 16.3. The van der Waals surface area contributed by atoms with E-state index in [1.165, 1.54) is 42.0 Å². The second-order valence-electron chi connectivity index (χ2n) is 8.82. The molecule has 0 aromatic heterocycles. The molecule has 1 aliphatic heterocycles. The van der Waals surface area contributed by atoms with Crippen LogP contribution in [0.3, 0.4) is 0 Å². The first-order valence-electron chi connectivity index (χ1n) is 11.5. The van der Waals surface area contributed by atoms with Crippen LogP contribution in [0.15, 0.2) is 83.8 Å². The van der Waals surface area contributed by atoms with Gasteiger partial charge in [-0.3, -0.25) is 9.10 Å². The van der Waals surface area contributed by atoms with E-state index in [0.29, 0.717) is 19.0 Å². The Kier molecular flexibility index (Phi) is 7.32. The van der Waals surface area contributed by atoms with Gasteiger partial charge in [0, 0.05) is 13.1 Å². The maximum Gasteiger partial charge on any atom is 0.264 e. The van der Waals surface area contributed by atoms with Crippen LogP contribution in [0.4, 0.5) is 10.1 Å². The lowest BCUT2D eigenvalue weighted by molar-refractivity contribution is -0.130. The van der Waals surface area contributed by atoms with Gasteiger partial charge in [-0.15, -0.1) is 0 Å². The van der Waals surface area contributed by atoms with Gasteiger partial charge in [0.05, 0.1) is 10.6 Å². The van der Waals surface area contributed by atoms with Crippen molar-refractivity contribution in [2.75, 3.05) is 23.9 Å². The molecule has 4 rings (SSSR count). The average molecular weight is 481 g/mol. The molecule has 0 N–H and O–H groups in total. The summed E-state index contributed by atoms with van der Waals surface area (Å²) in [6.07, 6.45) is 2.73. The van der Waals surface area contributed by atoms with Gasteiger partial charge in [-0.1, -0.05) is 48.0 Å². The van der Waals surface area contributed by atoms with Crippen LogP contribution in [0.25, 0.3) is 0 Å². The van der Waals surface area contributed by atoms with Gasteiger partial charge < -0.3 is 4.90 Å². The number of carbonyl (C=O) groups excluding carboxylic acids is 1. The molecule has 3 aromatic rings. The number of halogens is 1. The first kappa shape index (κ1) is 24.0. The molecule has 1 aliphatic rings. The number of piperidine rings is 1. The van der Waals surface area contributed by atoms with Crippen LogP contribution in [0.1, 0.15) is 24.0 Å². The van der Waals surface area contributed by atoms with Gasteiger partial charge in [0.25, 0.3) is 10.0 Å². The van der Waals surface area contributed by atoms with E-state index < -0.39 is 15.8 Å². The number of rotatable bonds is 7. The van der Waals surface area contributed by atoms with E-state index in [4.69, 9.17) is 0 Å². The first-order valence-corrected chi connectivity index (χ1v) is 12.9. The summed E-state index contributed by atoms with van der Waals surface area (Å²) < 4.78 is 41.5. The lowest BCUT2D eigenvalue weighted by Crippen LogP contribution is -2.46. The van der Waals surface area contributed by atoms with Crippen LogP contribution in [0.2, 0.25) is 0 Å². The van der Waals surface area contributed by atoms with Crippen molar-refractivity contribution in [3.63, 3.8) is 0 Å². The van der Waals surface area contributed by atoms with Crippen molar-refractivity contribution in [3.8, 4) is 0 Å². The summed E-state index contributed by atoms with van der Waals surface area (Å²) in [6, 6.07) is 22.0. The molecular weight excluding hydrogens is 451 g/mol. The number of anilines is 1. The summed E-state index contributed by atoms with van der Waals surface area (Å²) >= 11 is 0. The number of carbonyl (C=O) groups is 1. The van der Waals surface area contributed by atoms with Crippen LogP contribution in [-0.4, -0.2) is 38.9 Å². The van der Waals surface area contributed by atoms with Crippen LogP contribution in [0.5, 0.6) is 0 Å². The lowest BCUT2D eigenvalue weighted by Gasteiger charge is -2.34. The molecule has 0 bridgehead atoms. The molecule has 1 heterocycles. The number of hydrogen-bond donors (Lipinski definition) is 0. The Morgan fingerprint density at radius 2 is 1.56 bits per heavy atom. The highest BCUT2D eigenvalue weighted by molar-refractivity contribution is 7.92. The largest absolute Gasteiger partial charge is 0.341 e. The molecule has 0 saturated carbocycles. The Morgan fingerprint density at radius 1 is 0.941 bits per heavy atom. The zero-order valence-electron chi connectivity index (χ0n) is 19.2. The average Bonchev–Trinajstić information content (AvgIpc) is 2.84. The van der Waals surface area contributed by atoms with E-state index in [0.717, 1.165) is 29.1 Å². The standard InChI is InChI=1S/C27H29FN2O3S/c1-21-7-13-26(14-8-21)34(32,33)30(25-11-9-24(28)10-12-25)20-27(31)29-17-15-23(16-18-29)19-22-5-3-2-4-6-22/h2-14,23H,15-20H2,1H3. The van der Waals surface area contributed by atoms with E-state index in [1.54, 1.807) is 17.0 Å². The summed E-state index contributed by atoms with van der Waals surface area (Å²) in [5.41, 5.74) is 2.48. The molecule has 7 heteroatoms. The van der Waals surface area contributed by atoms with Crippen molar-refractivity contribution >= 4 is 21.6 Å². The SMILES string of the molecule is Cc1ccc(S(=O)(=O)N(CC(=O)N2CCC(Cc3ccccc3)CC2)c2ccc(F)cc2)cc1. The molecule has 0 unspecified atom stereocenters. The predicted octanol–water partition coefficient (Wildman–Crippen LogP) is 4.81. The van der Waals surface area contributed by atoms with E-state index in [2.05, 4.69) is 12.1 Å². The predicted molar refractivity (Wildman–Crippen MR) is 132 cm³/mol. The number of likely N-dealkylation sites (tertiary alicyclic amines) is 1. The fourth-order valence-corrected chi connectivity index (χ4v) is 5.73. The Balaban J connectivity index is 1.48. The number of nitrogens with zero attached hydrogens (tertiary/aromatic N) is 2.